The van der Waals surface area contributed by atoms with Gasteiger partial charge in [-0.1, -0.05) is 18.2 Å². The molecule has 23 heavy (non-hydrogen) atoms. The van der Waals surface area contributed by atoms with Gasteiger partial charge in [0.05, 0.1) is 4.88 Å². The molecule has 1 atom stereocenters. The molecule has 1 aromatic heterocycles. The van der Waals surface area contributed by atoms with Gasteiger partial charge in [-0.05, 0) is 68.8 Å². The van der Waals surface area contributed by atoms with Crippen LogP contribution in [0.4, 0.5) is 0 Å². The smallest absolute Gasteiger partial charge is 0.196 e. The monoisotopic (exact) mass is 327 g/mol. The highest BCUT2D eigenvalue weighted by Crippen LogP contribution is 2.36. The highest BCUT2D eigenvalue weighted by molar-refractivity contribution is 7.14. The molecule has 1 aromatic carbocycles. The summed E-state index contributed by atoms with van der Waals surface area (Å²) in [6.45, 7) is 2.11. The lowest BCUT2D eigenvalue weighted by atomic mass is 10.1. The van der Waals surface area contributed by atoms with Crippen LogP contribution in [-0.2, 0) is 12.8 Å². The number of aryl methyl sites for hydroxylation is 1. The predicted molar refractivity (Wildman–Crippen MR) is 95.4 cm³/mol. The van der Waals surface area contributed by atoms with Gasteiger partial charge in [0.1, 0.15) is 5.75 Å². The lowest BCUT2D eigenvalue weighted by Gasteiger charge is -2.18. The first-order valence-corrected chi connectivity index (χ1v) is 8.56. The van der Waals surface area contributed by atoms with E-state index in [1.807, 2.05) is 6.08 Å². The SMILES string of the molecule is Cc1sc(C(=O)/C=C/c2ccc(O)cc2)c2c1C[C@H](N(C)C)C2. The summed E-state index contributed by atoms with van der Waals surface area (Å²) in [7, 11) is 4.20. The zero-order valence-electron chi connectivity index (χ0n) is 13.7. The van der Waals surface area contributed by atoms with Crippen molar-refractivity contribution >= 4 is 23.2 Å². The first kappa shape index (κ1) is 16.0. The molecule has 0 bridgehead atoms. The van der Waals surface area contributed by atoms with Gasteiger partial charge in [0, 0.05) is 10.9 Å². The Morgan fingerprint density at radius 1 is 1.22 bits per heavy atom. The minimum atomic E-state index is 0.0758. The van der Waals surface area contributed by atoms with Crippen molar-refractivity contribution in [2.75, 3.05) is 14.1 Å². The van der Waals surface area contributed by atoms with Crippen molar-refractivity contribution in [2.45, 2.75) is 25.8 Å². The van der Waals surface area contributed by atoms with Crippen molar-refractivity contribution in [3.63, 3.8) is 0 Å². The summed E-state index contributed by atoms with van der Waals surface area (Å²) in [6.07, 6.45) is 5.45. The van der Waals surface area contributed by atoms with Gasteiger partial charge in [-0.15, -0.1) is 11.3 Å². The quantitative estimate of drug-likeness (QED) is 0.688. The van der Waals surface area contributed by atoms with Gasteiger partial charge in [-0.2, -0.15) is 0 Å². The Balaban J connectivity index is 1.82. The standard InChI is InChI=1S/C19H21NO2S/c1-12-16-10-14(20(2)3)11-17(16)19(23-12)18(22)9-6-13-4-7-15(21)8-5-13/h4-9,14,21H,10-11H2,1-3H3/b9-6+/t14-/m0/s1. The van der Waals surface area contributed by atoms with Crippen LogP contribution in [0.3, 0.4) is 0 Å². The zero-order valence-corrected chi connectivity index (χ0v) is 14.5. The molecule has 2 aromatic rings. The van der Waals surface area contributed by atoms with Crippen LogP contribution >= 0.6 is 11.3 Å². The Kier molecular flexibility index (Phi) is 4.37. The number of benzene rings is 1. The molecule has 0 spiro atoms. The number of hydrogen-bond donors (Lipinski definition) is 1. The number of hydrogen-bond acceptors (Lipinski definition) is 4. The molecule has 1 heterocycles. The van der Waals surface area contributed by atoms with E-state index in [9.17, 15) is 9.90 Å². The maximum absolute atomic E-state index is 12.6. The summed E-state index contributed by atoms with van der Waals surface area (Å²) < 4.78 is 0. The van der Waals surface area contributed by atoms with E-state index in [-0.39, 0.29) is 11.5 Å². The van der Waals surface area contributed by atoms with E-state index in [1.54, 1.807) is 41.7 Å². The van der Waals surface area contributed by atoms with Gasteiger partial charge in [0.25, 0.3) is 0 Å². The van der Waals surface area contributed by atoms with Crippen LogP contribution in [0.1, 0.15) is 31.2 Å². The fourth-order valence-corrected chi connectivity index (χ4v) is 4.18. The van der Waals surface area contributed by atoms with Gasteiger partial charge in [0.2, 0.25) is 0 Å². The van der Waals surface area contributed by atoms with Crippen molar-refractivity contribution in [3.05, 3.63) is 56.8 Å². The van der Waals surface area contributed by atoms with Crippen LogP contribution in [0.15, 0.2) is 30.3 Å². The summed E-state index contributed by atoms with van der Waals surface area (Å²) >= 11 is 1.62. The summed E-state index contributed by atoms with van der Waals surface area (Å²) in [5.74, 6) is 0.307. The Bertz CT molecular complexity index is 756. The van der Waals surface area contributed by atoms with Crippen LogP contribution in [-0.4, -0.2) is 35.9 Å². The second-order valence-electron chi connectivity index (χ2n) is 6.26. The largest absolute Gasteiger partial charge is 0.508 e. The number of allylic oxidation sites excluding steroid dienone is 1. The minimum absolute atomic E-state index is 0.0758. The highest BCUT2D eigenvalue weighted by Gasteiger charge is 2.30. The van der Waals surface area contributed by atoms with E-state index in [2.05, 4.69) is 25.9 Å². The topological polar surface area (TPSA) is 40.5 Å². The van der Waals surface area contributed by atoms with E-state index in [0.717, 1.165) is 23.3 Å². The second-order valence-corrected chi connectivity index (χ2v) is 7.48. The summed E-state index contributed by atoms with van der Waals surface area (Å²) in [6, 6.07) is 7.34. The third-order valence-electron chi connectivity index (χ3n) is 4.47. The molecule has 0 fully saturated rings. The van der Waals surface area contributed by atoms with Gasteiger partial charge in [-0.3, -0.25) is 4.79 Å². The first-order chi connectivity index (χ1) is 11.0. The Morgan fingerprint density at radius 2 is 1.87 bits per heavy atom. The third kappa shape index (κ3) is 3.23. The highest BCUT2D eigenvalue weighted by atomic mass is 32.1. The molecule has 0 amide bonds. The fraction of sp³-hybridized carbons (Fsp3) is 0.316. The number of ketones is 1. The van der Waals surface area contributed by atoms with Gasteiger partial charge >= 0.3 is 0 Å². The van der Waals surface area contributed by atoms with Crippen molar-refractivity contribution in [1.29, 1.82) is 0 Å². The molecule has 120 valence electrons. The zero-order chi connectivity index (χ0) is 16.6. The molecular weight excluding hydrogens is 306 g/mol. The Labute approximate surface area is 140 Å². The summed E-state index contributed by atoms with van der Waals surface area (Å²) in [5.41, 5.74) is 3.52. The summed E-state index contributed by atoms with van der Waals surface area (Å²) in [4.78, 5) is 17.0. The van der Waals surface area contributed by atoms with Crippen LogP contribution in [0.25, 0.3) is 6.08 Å². The molecule has 4 heteroatoms. The molecule has 3 rings (SSSR count). The van der Waals surface area contributed by atoms with Crippen molar-refractivity contribution < 1.29 is 9.90 Å². The van der Waals surface area contributed by atoms with Crippen LogP contribution in [0, 0.1) is 6.92 Å². The number of nitrogens with zero attached hydrogens (tertiary/aromatic N) is 1. The molecule has 0 saturated carbocycles. The Morgan fingerprint density at radius 3 is 2.52 bits per heavy atom. The average Bonchev–Trinajstić information content (AvgIpc) is 3.07. The first-order valence-electron chi connectivity index (χ1n) is 7.74. The van der Waals surface area contributed by atoms with Gasteiger partial charge in [-0.25, -0.2) is 0 Å². The van der Waals surface area contributed by atoms with Crippen LogP contribution in [0.2, 0.25) is 0 Å². The van der Waals surface area contributed by atoms with Crippen LogP contribution < -0.4 is 0 Å². The number of fused-ring (bicyclic) bond motifs is 1. The van der Waals surface area contributed by atoms with Gasteiger partial charge < -0.3 is 10.0 Å². The van der Waals surface area contributed by atoms with Crippen molar-refractivity contribution in [1.82, 2.24) is 4.90 Å². The molecule has 0 radical (unpaired) electrons. The fourth-order valence-electron chi connectivity index (χ4n) is 3.05. The molecule has 0 saturated heterocycles. The second kappa shape index (κ2) is 6.30. The van der Waals surface area contributed by atoms with E-state index in [0.29, 0.717) is 6.04 Å². The normalized spacial score (nSPS) is 17.1. The molecular formula is C19H21NO2S. The predicted octanol–water partition coefficient (Wildman–Crippen LogP) is 3.69. The molecule has 3 nitrogen and oxygen atoms in total. The van der Waals surface area contributed by atoms with E-state index in [4.69, 9.17) is 0 Å². The Hall–Kier alpha value is -1.91. The summed E-state index contributed by atoms with van der Waals surface area (Å²) in [5, 5.41) is 9.30. The molecule has 1 aliphatic rings. The number of rotatable bonds is 4. The number of phenolic OH excluding ortho intramolecular Hbond substituents is 1. The van der Waals surface area contributed by atoms with Crippen LogP contribution in [0.5, 0.6) is 5.75 Å². The van der Waals surface area contributed by atoms with Gasteiger partial charge in [0.15, 0.2) is 5.78 Å². The maximum Gasteiger partial charge on any atom is 0.196 e. The number of thiophene rings is 1. The van der Waals surface area contributed by atoms with E-state index >= 15 is 0 Å². The number of aromatic hydroxyl groups is 1. The average molecular weight is 327 g/mol. The molecule has 1 aliphatic carbocycles. The lowest BCUT2D eigenvalue weighted by molar-refractivity contribution is 0.105. The number of carbonyl (C=O) groups excluding carboxylic acids is 1. The number of phenols is 1. The molecule has 0 unspecified atom stereocenters. The minimum Gasteiger partial charge on any atom is -0.508 e. The lowest BCUT2D eigenvalue weighted by Crippen LogP contribution is -2.28. The number of carbonyl (C=O) groups is 1. The molecule has 0 aliphatic heterocycles. The van der Waals surface area contributed by atoms with E-state index < -0.39 is 0 Å². The number of likely N-dealkylation sites (N-methyl/N-ethyl adjacent to an activating group) is 1. The maximum atomic E-state index is 12.6. The van der Waals surface area contributed by atoms with Crippen molar-refractivity contribution in [3.8, 4) is 5.75 Å². The van der Waals surface area contributed by atoms with Crippen molar-refractivity contribution in [2.24, 2.45) is 0 Å². The van der Waals surface area contributed by atoms with E-state index in [1.165, 1.54) is 16.0 Å². The molecule has 1 N–H and O–H groups in total. The third-order valence-corrected chi connectivity index (χ3v) is 5.68.